The van der Waals surface area contributed by atoms with Gasteiger partial charge in [0, 0.05) is 5.56 Å². The third-order valence-corrected chi connectivity index (χ3v) is 3.85. The molecule has 3 aromatic rings. The number of ether oxygens (including phenoxy) is 1. The standard InChI is InChI=1S/C19H19NO/c1-13-7-10-18(21-2)17(11-13)19(20)16-9-8-14-5-3-4-6-15(14)12-16/h3-12,19H,20H2,1-2H3. The quantitative estimate of drug-likeness (QED) is 0.778. The minimum absolute atomic E-state index is 0.190. The highest BCUT2D eigenvalue weighted by molar-refractivity contribution is 5.83. The largest absolute Gasteiger partial charge is 0.496 e. The maximum atomic E-state index is 6.47. The third-order valence-electron chi connectivity index (χ3n) is 3.85. The van der Waals surface area contributed by atoms with Gasteiger partial charge in [0.1, 0.15) is 5.75 Å². The highest BCUT2D eigenvalue weighted by atomic mass is 16.5. The first-order valence-electron chi connectivity index (χ1n) is 7.08. The van der Waals surface area contributed by atoms with Gasteiger partial charge in [0.15, 0.2) is 0 Å². The number of hydrogen-bond donors (Lipinski definition) is 1. The van der Waals surface area contributed by atoms with E-state index in [0.29, 0.717) is 0 Å². The zero-order valence-corrected chi connectivity index (χ0v) is 12.3. The molecule has 1 atom stereocenters. The van der Waals surface area contributed by atoms with Crippen LogP contribution in [0.2, 0.25) is 0 Å². The molecule has 2 heteroatoms. The van der Waals surface area contributed by atoms with Crippen LogP contribution in [0.3, 0.4) is 0 Å². The summed E-state index contributed by atoms with van der Waals surface area (Å²) in [6.07, 6.45) is 0. The molecular formula is C19H19NO. The normalized spacial score (nSPS) is 12.3. The van der Waals surface area contributed by atoms with Gasteiger partial charge in [-0.3, -0.25) is 0 Å². The Bertz CT molecular complexity index is 779. The van der Waals surface area contributed by atoms with E-state index in [9.17, 15) is 0 Å². The van der Waals surface area contributed by atoms with Gasteiger partial charge >= 0.3 is 0 Å². The molecule has 2 nitrogen and oxygen atoms in total. The fourth-order valence-corrected chi connectivity index (χ4v) is 2.68. The molecule has 0 saturated carbocycles. The van der Waals surface area contributed by atoms with Gasteiger partial charge in [-0.05, 0) is 35.4 Å². The Morgan fingerprint density at radius 1 is 0.905 bits per heavy atom. The summed E-state index contributed by atoms with van der Waals surface area (Å²) in [5.74, 6) is 0.834. The van der Waals surface area contributed by atoms with Gasteiger partial charge in [0.05, 0.1) is 13.2 Å². The maximum absolute atomic E-state index is 6.47. The van der Waals surface area contributed by atoms with Crippen LogP contribution in [-0.4, -0.2) is 7.11 Å². The van der Waals surface area contributed by atoms with Gasteiger partial charge in [0.2, 0.25) is 0 Å². The molecule has 0 fully saturated rings. The van der Waals surface area contributed by atoms with Crippen molar-refractivity contribution in [3.63, 3.8) is 0 Å². The minimum Gasteiger partial charge on any atom is -0.496 e. The lowest BCUT2D eigenvalue weighted by Gasteiger charge is -2.17. The van der Waals surface area contributed by atoms with Crippen LogP contribution in [0.25, 0.3) is 10.8 Å². The van der Waals surface area contributed by atoms with Crippen molar-refractivity contribution in [1.29, 1.82) is 0 Å². The summed E-state index contributed by atoms with van der Waals surface area (Å²) in [7, 11) is 1.68. The SMILES string of the molecule is COc1ccc(C)cc1C(N)c1ccc2ccccc2c1. The second-order valence-electron chi connectivity index (χ2n) is 5.33. The molecule has 0 heterocycles. The topological polar surface area (TPSA) is 35.2 Å². The van der Waals surface area contributed by atoms with Gasteiger partial charge in [-0.15, -0.1) is 0 Å². The minimum atomic E-state index is -0.190. The summed E-state index contributed by atoms with van der Waals surface area (Å²) >= 11 is 0. The van der Waals surface area contributed by atoms with Crippen LogP contribution >= 0.6 is 0 Å². The molecule has 0 spiro atoms. The lowest BCUT2D eigenvalue weighted by atomic mass is 9.95. The van der Waals surface area contributed by atoms with Crippen molar-refractivity contribution < 1.29 is 4.74 Å². The van der Waals surface area contributed by atoms with E-state index in [0.717, 1.165) is 16.9 Å². The van der Waals surface area contributed by atoms with Crippen molar-refractivity contribution in [1.82, 2.24) is 0 Å². The molecule has 0 amide bonds. The van der Waals surface area contributed by atoms with Crippen LogP contribution in [0.1, 0.15) is 22.7 Å². The van der Waals surface area contributed by atoms with Crippen molar-refractivity contribution in [2.24, 2.45) is 5.73 Å². The molecule has 106 valence electrons. The van der Waals surface area contributed by atoms with E-state index in [2.05, 4.69) is 43.3 Å². The van der Waals surface area contributed by atoms with Crippen LogP contribution in [-0.2, 0) is 0 Å². The molecule has 3 aromatic carbocycles. The highest BCUT2D eigenvalue weighted by Crippen LogP contribution is 2.30. The molecule has 2 N–H and O–H groups in total. The molecule has 0 aliphatic rings. The van der Waals surface area contributed by atoms with Crippen LogP contribution < -0.4 is 10.5 Å². The number of nitrogens with two attached hydrogens (primary N) is 1. The molecule has 21 heavy (non-hydrogen) atoms. The molecule has 1 unspecified atom stereocenters. The summed E-state index contributed by atoms with van der Waals surface area (Å²) in [5.41, 5.74) is 9.77. The van der Waals surface area contributed by atoms with Crippen molar-refractivity contribution in [3.05, 3.63) is 77.4 Å². The zero-order chi connectivity index (χ0) is 14.8. The third kappa shape index (κ3) is 2.63. The van der Waals surface area contributed by atoms with Gasteiger partial charge in [-0.1, -0.05) is 54.1 Å². The highest BCUT2D eigenvalue weighted by Gasteiger charge is 2.14. The van der Waals surface area contributed by atoms with Crippen LogP contribution in [0.15, 0.2) is 60.7 Å². The number of fused-ring (bicyclic) bond motifs is 1. The summed E-state index contributed by atoms with van der Waals surface area (Å²) in [6.45, 7) is 2.07. The molecule has 0 radical (unpaired) electrons. The first-order chi connectivity index (χ1) is 10.2. The molecule has 0 bridgehead atoms. The average molecular weight is 277 g/mol. The van der Waals surface area contributed by atoms with E-state index in [4.69, 9.17) is 10.5 Å². The Balaban J connectivity index is 2.07. The van der Waals surface area contributed by atoms with Crippen LogP contribution in [0.4, 0.5) is 0 Å². The number of rotatable bonds is 3. The van der Waals surface area contributed by atoms with Gasteiger partial charge in [-0.2, -0.15) is 0 Å². The van der Waals surface area contributed by atoms with Crippen LogP contribution in [0, 0.1) is 6.92 Å². The average Bonchev–Trinajstić information content (AvgIpc) is 2.53. The summed E-state index contributed by atoms with van der Waals surface area (Å²) in [5, 5.41) is 2.43. The van der Waals surface area contributed by atoms with E-state index in [1.165, 1.54) is 16.3 Å². The first kappa shape index (κ1) is 13.7. The fraction of sp³-hybridized carbons (Fsp3) is 0.158. The van der Waals surface area contributed by atoms with Crippen molar-refractivity contribution in [2.45, 2.75) is 13.0 Å². The Labute approximate surface area is 125 Å². The Morgan fingerprint density at radius 2 is 1.67 bits per heavy atom. The predicted octanol–water partition coefficient (Wildman–Crippen LogP) is 4.20. The van der Waals surface area contributed by atoms with Gasteiger partial charge in [0.25, 0.3) is 0 Å². The number of hydrogen-bond acceptors (Lipinski definition) is 2. The zero-order valence-electron chi connectivity index (χ0n) is 12.3. The van der Waals surface area contributed by atoms with Gasteiger partial charge in [-0.25, -0.2) is 0 Å². The molecule has 0 aliphatic carbocycles. The molecule has 3 rings (SSSR count). The number of aryl methyl sites for hydroxylation is 1. The Hall–Kier alpha value is -2.32. The van der Waals surface area contributed by atoms with E-state index < -0.39 is 0 Å². The molecule has 0 saturated heterocycles. The van der Waals surface area contributed by atoms with Crippen molar-refractivity contribution >= 4 is 10.8 Å². The van der Waals surface area contributed by atoms with E-state index in [-0.39, 0.29) is 6.04 Å². The monoisotopic (exact) mass is 277 g/mol. The summed E-state index contributed by atoms with van der Waals surface area (Å²) in [6, 6.07) is 20.6. The van der Waals surface area contributed by atoms with E-state index in [1.807, 2.05) is 24.3 Å². The summed E-state index contributed by atoms with van der Waals surface area (Å²) < 4.78 is 5.45. The smallest absolute Gasteiger partial charge is 0.123 e. The summed E-state index contributed by atoms with van der Waals surface area (Å²) in [4.78, 5) is 0. The van der Waals surface area contributed by atoms with Crippen molar-refractivity contribution in [3.8, 4) is 5.75 Å². The van der Waals surface area contributed by atoms with E-state index >= 15 is 0 Å². The molecular weight excluding hydrogens is 258 g/mol. The number of methoxy groups -OCH3 is 1. The second kappa shape index (κ2) is 5.58. The number of benzene rings is 3. The maximum Gasteiger partial charge on any atom is 0.123 e. The van der Waals surface area contributed by atoms with E-state index in [1.54, 1.807) is 7.11 Å². The van der Waals surface area contributed by atoms with Crippen LogP contribution in [0.5, 0.6) is 5.75 Å². The predicted molar refractivity (Wildman–Crippen MR) is 87.7 cm³/mol. The molecule has 0 aromatic heterocycles. The lowest BCUT2D eigenvalue weighted by Crippen LogP contribution is -2.13. The van der Waals surface area contributed by atoms with Gasteiger partial charge < -0.3 is 10.5 Å². The molecule has 0 aliphatic heterocycles. The Morgan fingerprint density at radius 3 is 2.43 bits per heavy atom. The fourth-order valence-electron chi connectivity index (χ4n) is 2.68. The van der Waals surface area contributed by atoms with Crippen molar-refractivity contribution in [2.75, 3.05) is 7.11 Å². The second-order valence-corrected chi connectivity index (χ2v) is 5.33. The first-order valence-corrected chi connectivity index (χ1v) is 7.08. The Kier molecular flexibility index (Phi) is 3.63. The lowest BCUT2D eigenvalue weighted by molar-refractivity contribution is 0.407.